The third-order valence-electron chi connectivity index (χ3n) is 2.51. The molecule has 1 aromatic heterocycles. The van der Waals surface area contributed by atoms with Crippen molar-refractivity contribution in [2.45, 2.75) is 26.3 Å². The van der Waals surface area contributed by atoms with E-state index in [0.29, 0.717) is 22.0 Å². The van der Waals surface area contributed by atoms with Crippen molar-refractivity contribution in [2.75, 3.05) is 5.88 Å². The summed E-state index contributed by atoms with van der Waals surface area (Å²) in [5.74, 6) is 0.716. The van der Waals surface area contributed by atoms with Gasteiger partial charge < -0.3 is 5.32 Å². The Bertz CT molecular complexity index is 385. The number of hydrogen-bond acceptors (Lipinski definition) is 2. The molecule has 0 bridgehead atoms. The lowest BCUT2D eigenvalue weighted by Gasteiger charge is -2.21. The highest BCUT2D eigenvalue weighted by Crippen LogP contribution is 2.14. The van der Waals surface area contributed by atoms with Crippen molar-refractivity contribution in [3.8, 4) is 0 Å². The van der Waals surface area contributed by atoms with Crippen LogP contribution in [0.5, 0.6) is 0 Å². The highest BCUT2D eigenvalue weighted by Gasteiger charge is 2.18. The normalized spacial score (nSPS) is 12.5. The van der Waals surface area contributed by atoms with Crippen LogP contribution >= 0.6 is 27.5 Å². The van der Waals surface area contributed by atoms with Crippen molar-refractivity contribution in [1.82, 2.24) is 10.3 Å². The summed E-state index contributed by atoms with van der Waals surface area (Å²) in [6.45, 7) is 4.12. The maximum absolute atomic E-state index is 12.0. The van der Waals surface area contributed by atoms with E-state index >= 15 is 0 Å². The first-order chi connectivity index (χ1) is 8.06. The smallest absolute Gasteiger partial charge is 0.271 e. The predicted molar refractivity (Wildman–Crippen MR) is 73.4 cm³/mol. The number of carbonyl (C=O) groups is 1. The molecule has 17 heavy (non-hydrogen) atoms. The summed E-state index contributed by atoms with van der Waals surface area (Å²) in [4.78, 5) is 16.1. The van der Waals surface area contributed by atoms with E-state index < -0.39 is 0 Å². The molecule has 3 nitrogen and oxygen atoms in total. The second-order valence-corrected chi connectivity index (χ2v) is 5.37. The van der Waals surface area contributed by atoms with Crippen molar-refractivity contribution in [1.29, 1.82) is 0 Å². The van der Waals surface area contributed by atoms with E-state index in [-0.39, 0.29) is 11.9 Å². The summed E-state index contributed by atoms with van der Waals surface area (Å²) < 4.78 is 0.700. The maximum Gasteiger partial charge on any atom is 0.271 e. The monoisotopic (exact) mass is 318 g/mol. The zero-order chi connectivity index (χ0) is 12.8. The van der Waals surface area contributed by atoms with Crippen LogP contribution in [0, 0.1) is 5.92 Å². The Morgan fingerprint density at radius 3 is 2.82 bits per heavy atom. The van der Waals surface area contributed by atoms with Crippen molar-refractivity contribution in [3.63, 3.8) is 0 Å². The molecule has 0 aliphatic heterocycles. The Hall–Kier alpha value is -0.610. The molecule has 0 aliphatic carbocycles. The first-order valence-electron chi connectivity index (χ1n) is 5.53. The van der Waals surface area contributed by atoms with Gasteiger partial charge in [0.05, 0.1) is 0 Å². The molecule has 0 saturated carbocycles. The van der Waals surface area contributed by atoms with E-state index in [0.717, 1.165) is 6.42 Å². The van der Waals surface area contributed by atoms with Gasteiger partial charge in [0.15, 0.2) is 0 Å². The molecule has 0 saturated heterocycles. The van der Waals surface area contributed by atoms with Crippen LogP contribution in [0.1, 0.15) is 30.8 Å². The molecule has 1 amide bonds. The number of halogens is 2. The van der Waals surface area contributed by atoms with E-state index in [9.17, 15) is 4.79 Å². The first-order valence-corrected chi connectivity index (χ1v) is 6.86. The summed E-state index contributed by atoms with van der Waals surface area (Å²) in [5, 5.41) is 2.96. The zero-order valence-electron chi connectivity index (χ0n) is 9.91. The molecule has 1 rings (SSSR count). The average molecular weight is 320 g/mol. The molecule has 1 unspecified atom stereocenters. The standard InChI is InChI=1S/C12H16BrClN2O/c1-8(2)10(5-6-14)16-12(17)11-9(13)4-3-7-15-11/h3-4,7-8,10H,5-6H2,1-2H3,(H,16,17). The van der Waals surface area contributed by atoms with Crippen LogP contribution in [0.25, 0.3) is 0 Å². The largest absolute Gasteiger partial charge is 0.348 e. The second-order valence-electron chi connectivity index (χ2n) is 4.14. The van der Waals surface area contributed by atoms with Gasteiger partial charge >= 0.3 is 0 Å². The van der Waals surface area contributed by atoms with E-state index in [1.54, 1.807) is 18.3 Å². The quantitative estimate of drug-likeness (QED) is 0.847. The van der Waals surface area contributed by atoms with E-state index in [4.69, 9.17) is 11.6 Å². The number of nitrogens with one attached hydrogen (secondary N) is 1. The molecule has 1 N–H and O–H groups in total. The molecule has 0 aromatic carbocycles. The van der Waals surface area contributed by atoms with Gasteiger partial charge in [0.1, 0.15) is 5.69 Å². The molecule has 1 atom stereocenters. The molecule has 1 heterocycles. The van der Waals surface area contributed by atoms with Crippen molar-refractivity contribution < 1.29 is 4.79 Å². The summed E-state index contributed by atoms with van der Waals surface area (Å²) in [7, 11) is 0. The van der Waals surface area contributed by atoms with Gasteiger partial charge in [-0.3, -0.25) is 4.79 Å². The maximum atomic E-state index is 12.0. The summed E-state index contributed by atoms with van der Waals surface area (Å²) >= 11 is 9.04. The topological polar surface area (TPSA) is 42.0 Å². The molecule has 0 fully saturated rings. The zero-order valence-corrected chi connectivity index (χ0v) is 12.3. The van der Waals surface area contributed by atoms with E-state index in [2.05, 4.69) is 40.1 Å². The van der Waals surface area contributed by atoms with Crippen LogP contribution in [0.2, 0.25) is 0 Å². The van der Waals surface area contributed by atoms with Crippen LogP contribution in [-0.4, -0.2) is 22.8 Å². The highest BCUT2D eigenvalue weighted by atomic mass is 79.9. The minimum absolute atomic E-state index is 0.0777. The molecule has 0 aliphatic rings. The van der Waals surface area contributed by atoms with E-state index in [1.807, 2.05) is 0 Å². The Labute approximate surface area is 115 Å². The molecule has 94 valence electrons. The van der Waals surface area contributed by atoms with E-state index in [1.165, 1.54) is 0 Å². The van der Waals surface area contributed by atoms with Crippen molar-refractivity contribution in [3.05, 3.63) is 28.5 Å². The fraction of sp³-hybridized carbons (Fsp3) is 0.500. The van der Waals surface area contributed by atoms with Crippen LogP contribution < -0.4 is 5.32 Å². The molecule has 5 heteroatoms. The highest BCUT2D eigenvalue weighted by molar-refractivity contribution is 9.10. The summed E-state index contributed by atoms with van der Waals surface area (Å²) in [6, 6.07) is 3.65. The molecular weight excluding hydrogens is 304 g/mol. The lowest BCUT2D eigenvalue weighted by Crippen LogP contribution is -2.39. The number of nitrogens with zero attached hydrogens (tertiary/aromatic N) is 1. The average Bonchev–Trinajstić information content (AvgIpc) is 2.28. The lowest BCUT2D eigenvalue weighted by molar-refractivity contribution is 0.0919. The molecular formula is C12H16BrClN2O. The number of carbonyl (C=O) groups excluding carboxylic acids is 1. The summed E-state index contributed by atoms with van der Waals surface area (Å²) in [6.07, 6.45) is 2.36. The molecule has 0 spiro atoms. The third-order valence-corrected chi connectivity index (χ3v) is 3.37. The SMILES string of the molecule is CC(C)C(CCCl)NC(=O)c1ncccc1Br. The first kappa shape index (κ1) is 14.5. The van der Waals surface area contributed by atoms with Gasteiger partial charge in [-0.15, -0.1) is 11.6 Å². The lowest BCUT2D eigenvalue weighted by atomic mass is 10.0. The number of pyridine rings is 1. The van der Waals surface area contributed by atoms with Gasteiger partial charge in [0.25, 0.3) is 5.91 Å². The molecule has 0 radical (unpaired) electrons. The summed E-state index contributed by atoms with van der Waals surface area (Å²) in [5.41, 5.74) is 0.410. The fourth-order valence-electron chi connectivity index (χ4n) is 1.48. The van der Waals surface area contributed by atoms with Gasteiger partial charge in [0, 0.05) is 22.6 Å². The predicted octanol–water partition coefficient (Wildman–Crippen LogP) is 3.23. The Kier molecular flexibility index (Phi) is 5.92. The number of hydrogen-bond donors (Lipinski definition) is 1. The number of aromatic nitrogens is 1. The van der Waals surface area contributed by atoms with Crippen LogP contribution in [0.4, 0.5) is 0 Å². The fourth-order valence-corrected chi connectivity index (χ4v) is 2.15. The van der Waals surface area contributed by atoms with Gasteiger partial charge in [-0.05, 0) is 40.4 Å². The van der Waals surface area contributed by atoms with Crippen molar-refractivity contribution in [2.24, 2.45) is 5.92 Å². The molecule has 1 aromatic rings. The van der Waals surface area contributed by atoms with Crippen LogP contribution in [0.15, 0.2) is 22.8 Å². The Balaban J connectivity index is 2.74. The van der Waals surface area contributed by atoms with Gasteiger partial charge in [-0.1, -0.05) is 13.8 Å². The Morgan fingerprint density at radius 2 is 2.29 bits per heavy atom. The second kappa shape index (κ2) is 6.97. The van der Waals surface area contributed by atoms with Gasteiger partial charge in [-0.25, -0.2) is 4.98 Å². The third kappa shape index (κ3) is 4.28. The van der Waals surface area contributed by atoms with Crippen LogP contribution in [-0.2, 0) is 0 Å². The number of alkyl halides is 1. The minimum Gasteiger partial charge on any atom is -0.348 e. The van der Waals surface area contributed by atoms with Gasteiger partial charge in [-0.2, -0.15) is 0 Å². The minimum atomic E-state index is -0.165. The Morgan fingerprint density at radius 1 is 1.59 bits per heavy atom. The number of rotatable bonds is 5. The van der Waals surface area contributed by atoms with Crippen LogP contribution in [0.3, 0.4) is 0 Å². The number of amides is 1. The van der Waals surface area contributed by atoms with Gasteiger partial charge in [0.2, 0.25) is 0 Å². The van der Waals surface area contributed by atoms with Crippen molar-refractivity contribution >= 4 is 33.4 Å².